The molecule has 1 saturated heterocycles. The number of esters is 1. The molecular formula is C13H13NO4S. The van der Waals surface area contributed by atoms with Gasteiger partial charge < -0.3 is 9.47 Å². The average molecular weight is 279 g/mol. The van der Waals surface area contributed by atoms with Crippen molar-refractivity contribution in [2.45, 2.75) is 18.7 Å². The number of fused-ring (bicyclic) bond motifs is 3. The summed E-state index contributed by atoms with van der Waals surface area (Å²) in [5.74, 6) is 0.900. The van der Waals surface area contributed by atoms with Crippen LogP contribution in [0.5, 0.6) is 5.75 Å². The number of nitrogens with zero attached hydrogens (tertiary/aromatic N) is 1. The fourth-order valence-corrected chi connectivity index (χ4v) is 2.83. The van der Waals surface area contributed by atoms with Gasteiger partial charge in [0.1, 0.15) is 11.8 Å². The molecule has 1 aromatic rings. The van der Waals surface area contributed by atoms with E-state index in [4.69, 9.17) is 9.47 Å². The zero-order valence-corrected chi connectivity index (χ0v) is 11.2. The lowest BCUT2D eigenvalue weighted by atomic mass is 10.1. The molecule has 1 fully saturated rings. The van der Waals surface area contributed by atoms with Crippen molar-refractivity contribution in [3.05, 3.63) is 29.8 Å². The minimum absolute atomic E-state index is 0.354. The molecule has 0 saturated carbocycles. The topological polar surface area (TPSA) is 55.8 Å². The number of hydrogen-bond donors (Lipinski definition) is 0. The van der Waals surface area contributed by atoms with Gasteiger partial charge in [0, 0.05) is 0 Å². The Morgan fingerprint density at radius 2 is 2.11 bits per heavy atom. The number of amides is 1. The van der Waals surface area contributed by atoms with Gasteiger partial charge in [-0.05, 0) is 30.6 Å². The molecule has 0 N–H and O–H groups in total. The Kier molecular flexibility index (Phi) is 3.10. The van der Waals surface area contributed by atoms with Crippen LogP contribution in [0.4, 0.5) is 4.79 Å². The van der Waals surface area contributed by atoms with Crippen molar-refractivity contribution in [1.82, 2.24) is 4.90 Å². The number of hydrogen-bond acceptors (Lipinski definition) is 5. The van der Waals surface area contributed by atoms with Crippen molar-refractivity contribution in [3.8, 4) is 5.75 Å². The van der Waals surface area contributed by atoms with Gasteiger partial charge in [-0.1, -0.05) is 12.1 Å². The van der Waals surface area contributed by atoms with E-state index in [2.05, 4.69) is 0 Å². The summed E-state index contributed by atoms with van der Waals surface area (Å²) in [6.07, 6.45) is 1.38. The number of ether oxygens (including phenoxy) is 2. The van der Waals surface area contributed by atoms with Gasteiger partial charge in [-0.15, -0.1) is 0 Å². The first kappa shape index (κ1) is 12.3. The van der Waals surface area contributed by atoms with Crippen LogP contribution in [0.1, 0.15) is 18.2 Å². The summed E-state index contributed by atoms with van der Waals surface area (Å²) in [5.41, 5.74) is 0.724. The van der Waals surface area contributed by atoms with E-state index in [0.29, 0.717) is 12.2 Å². The third kappa shape index (κ3) is 1.96. The summed E-state index contributed by atoms with van der Waals surface area (Å²) < 4.78 is 10.6. The molecule has 100 valence electrons. The molecule has 0 bridgehead atoms. The third-order valence-corrected chi connectivity index (χ3v) is 3.92. The van der Waals surface area contributed by atoms with Crippen molar-refractivity contribution < 1.29 is 19.1 Å². The second kappa shape index (κ2) is 4.77. The normalized spacial score (nSPS) is 24.6. The van der Waals surface area contributed by atoms with E-state index in [-0.39, 0.29) is 5.97 Å². The Morgan fingerprint density at radius 1 is 1.32 bits per heavy atom. The zero-order chi connectivity index (χ0) is 13.4. The lowest BCUT2D eigenvalue weighted by Gasteiger charge is -2.30. The molecule has 6 heteroatoms. The molecule has 5 nitrogen and oxygen atoms in total. The molecule has 2 aliphatic heterocycles. The molecule has 0 spiro atoms. The summed E-state index contributed by atoms with van der Waals surface area (Å²) in [6, 6.07) is 6.58. The maximum Gasteiger partial charge on any atom is 0.419 e. The smallest absolute Gasteiger partial charge is 0.419 e. The summed E-state index contributed by atoms with van der Waals surface area (Å²) in [6.45, 7) is 0. The summed E-state index contributed by atoms with van der Waals surface area (Å²) in [5, 5.41) is 0. The largest absolute Gasteiger partial charge is 0.435 e. The summed E-state index contributed by atoms with van der Waals surface area (Å²) in [4.78, 5) is 25.3. The van der Waals surface area contributed by atoms with E-state index in [1.165, 1.54) is 4.90 Å². The van der Waals surface area contributed by atoms with Crippen molar-refractivity contribution in [1.29, 1.82) is 0 Å². The highest BCUT2D eigenvalue weighted by Crippen LogP contribution is 2.41. The van der Waals surface area contributed by atoms with Gasteiger partial charge in [0.05, 0.1) is 5.56 Å². The van der Waals surface area contributed by atoms with Gasteiger partial charge in [0.15, 0.2) is 0 Å². The standard InChI is InChI=1S/C13H13NO4S/c1-19-7-6-9-12(15)18-11-8-4-2-3-5-10(8)17-13(16)14(9)11/h2-5,9,11H,6-7H2,1H3/t9-,11?/m0/s1. The number of benzene rings is 1. The summed E-state index contributed by atoms with van der Waals surface area (Å²) in [7, 11) is 0. The maximum atomic E-state index is 12.0. The highest BCUT2D eigenvalue weighted by Gasteiger charge is 2.49. The van der Waals surface area contributed by atoms with Gasteiger partial charge in [-0.25, -0.2) is 9.59 Å². The molecule has 2 aliphatic rings. The Balaban J connectivity index is 1.94. The van der Waals surface area contributed by atoms with Crippen LogP contribution in [0.15, 0.2) is 24.3 Å². The van der Waals surface area contributed by atoms with Crippen LogP contribution in [-0.4, -0.2) is 35.0 Å². The number of rotatable bonds is 3. The Hall–Kier alpha value is -1.69. The quantitative estimate of drug-likeness (QED) is 0.794. The van der Waals surface area contributed by atoms with Gasteiger partial charge >= 0.3 is 12.1 Å². The molecule has 0 aromatic heterocycles. The van der Waals surface area contributed by atoms with Crippen molar-refractivity contribution in [3.63, 3.8) is 0 Å². The number of thioether (sulfide) groups is 1. The monoisotopic (exact) mass is 279 g/mol. The highest BCUT2D eigenvalue weighted by molar-refractivity contribution is 7.98. The second-order valence-corrected chi connectivity index (χ2v) is 5.39. The van der Waals surface area contributed by atoms with E-state index >= 15 is 0 Å². The first-order valence-electron chi connectivity index (χ1n) is 6.01. The predicted molar refractivity (Wildman–Crippen MR) is 69.9 cm³/mol. The van der Waals surface area contributed by atoms with Gasteiger partial charge in [0.2, 0.25) is 6.23 Å². The predicted octanol–water partition coefficient (Wildman–Crippen LogP) is 2.18. The van der Waals surface area contributed by atoms with E-state index in [1.54, 1.807) is 23.9 Å². The van der Waals surface area contributed by atoms with Gasteiger partial charge in [-0.2, -0.15) is 11.8 Å². The van der Waals surface area contributed by atoms with Crippen LogP contribution in [0.2, 0.25) is 0 Å². The third-order valence-electron chi connectivity index (χ3n) is 3.28. The van der Waals surface area contributed by atoms with Crippen molar-refractivity contribution in [2.75, 3.05) is 12.0 Å². The van der Waals surface area contributed by atoms with E-state index in [0.717, 1.165) is 11.3 Å². The number of carbonyl (C=O) groups excluding carboxylic acids is 2. The molecule has 3 rings (SSSR count). The van der Waals surface area contributed by atoms with Crippen LogP contribution in [0.3, 0.4) is 0 Å². The Labute approximate surface area is 114 Å². The van der Waals surface area contributed by atoms with Crippen molar-refractivity contribution >= 4 is 23.8 Å². The van der Waals surface area contributed by atoms with Gasteiger partial charge in [0.25, 0.3) is 0 Å². The molecule has 2 atom stereocenters. The first-order valence-corrected chi connectivity index (χ1v) is 7.40. The van der Waals surface area contributed by atoms with Gasteiger partial charge in [-0.3, -0.25) is 4.90 Å². The zero-order valence-electron chi connectivity index (χ0n) is 10.4. The van der Waals surface area contributed by atoms with E-state index in [1.807, 2.05) is 18.4 Å². The Bertz CT molecular complexity index is 533. The lowest BCUT2D eigenvalue weighted by molar-refractivity contribution is -0.143. The molecule has 1 amide bonds. The fraction of sp³-hybridized carbons (Fsp3) is 0.385. The van der Waals surface area contributed by atoms with Crippen LogP contribution < -0.4 is 4.74 Å². The van der Waals surface area contributed by atoms with Crippen LogP contribution in [-0.2, 0) is 9.53 Å². The second-order valence-electron chi connectivity index (χ2n) is 4.40. The lowest BCUT2D eigenvalue weighted by Crippen LogP contribution is -2.44. The molecule has 1 unspecified atom stereocenters. The molecular weight excluding hydrogens is 266 g/mol. The average Bonchev–Trinajstić information content (AvgIpc) is 2.74. The molecule has 0 radical (unpaired) electrons. The molecule has 1 aromatic carbocycles. The SMILES string of the molecule is CSCC[C@H]1C(=O)OC2c3ccccc3OC(=O)N21. The number of carbonyl (C=O) groups is 2. The van der Waals surface area contributed by atoms with Crippen molar-refractivity contribution in [2.24, 2.45) is 0 Å². The van der Waals surface area contributed by atoms with Crippen LogP contribution in [0.25, 0.3) is 0 Å². The summed E-state index contributed by atoms with van der Waals surface area (Å²) >= 11 is 1.63. The van der Waals surface area contributed by atoms with E-state index in [9.17, 15) is 9.59 Å². The van der Waals surface area contributed by atoms with E-state index < -0.39 is 18.4 Å². The molecule has 19 heavy (non-hydrogen) atoms. The fourth-order valence-electron chi connectivity index (χ4n) is 2.37. The molecule has 0 aliphatic carbocycles. The van der Waals surface area contributed by atoms with Crippen LogP contribution in [0, 0.1) is 0 Å². The Morgan fingerprint density at radius 3 is 2.89 bits per heavy atom. The first-order chi connectivity index (χ1) is 9.22. The maximum absolute atomic E-state index is 12.0. The highest BCUT2D eigenvalue weighted by atomic mass is 32.2. The number of para-hydroxylation sites is 1. The molecule has 2 heterocycles. The minimum Gasteiger partial charge on any atom is -0.435 e. The minimum atomic E-state index is -0.642. The van der Waals surface area contributed by atoms with Crippen LogP contribution >= 0.6 is 11.8 Å².